The molecule has 8 nitrogen and oxygen atoms in total. The van der Waals surface area contributed by atoms with Crippen molar-refractivity contribution in [1.82, 2.24) is 10.4 Å². The average Bonchev–Trinajstić information content (AvgIpc) is 2.63. The van der Waals surface area contributed by atoms with Crippen LogP contribution < -0.4 is 14.9 Å². The molecule has 2 aromatic rings. The van der Waals surface area contributed by atoms with Crippen LogP contribution in [0.4, 0.5) is 0 Å². The number of hydrogen-bond acceptors (Lipinski definition) is 6. The van der Waals surface area contributed by atoms with Crippen molar-refractivity contribution in [1.29, 1.82) is 0 Å². The molecule has 2 rings (SSSR count). The number of nitrogens with zero attached hydrogens (tertiary/aromatic N) is 2. The fraction of sp³-hybridized carbons (Fsp3) is 0.176. The van der Waals surface area contributed by atoms with E-state index in [-0.39, 0.29) is 5.75 Å². The van der Waals surface area contributed by atoms with E-state index in [1.807, 2.05) is 0 Å². The van der Waals surface area contributed by atoms with Crippen molar-refractivity contribution in [2.24, 2.45) is 5.10 Å². The number of carbonyl (C=O) groups excluding carboxylic acids is 1. The van der Waals surface area contributed by atoms with E-state index in [9.17, 15) is 9.59 Å². The average molecular weight is 343 g/mol. The minimum absolute atomic E-state index is 0.224. The first-order chi connectivity index (χ1) is 12.0. The van der Waals surface area contributed by atoms with E-state index in [4.69, 9.17) is 14.6 Å². The second-order valence-electron chi connectivity index (χ2n) is 4.91. The monoisotopic (exact) mass is 343 g/mol. The summed E-state index contributed by atoms with van der Waals surface area (Å²) in [5, 5.41) is 12.9. The Labute approximate surface area is 144 Å². The first-order valence-corrected chi connectivity index (χ1v) is 7.32. The minimum atomic E-state index is -1.11. The van der Waals surface area contributed by atoms with Crippen molar-refractivity contribution in [3.8, 4) is 11.5 Å². The summed E-state index contributed by atoms with van der Waals surface area (Å²) in [4.78, 5) is 26.8. The van der Waals surface area contributed by atoms with Gasteiger partial charge in [-0.05, 0) is 31.2 Å². The van der Waals surface area contributed by atoms with Crippen LogP contribution >= 0.6 is 0 Å². The SMILES string of the molecule is COc1cccc(/C=N\NC(=O)c2ccncc2)c1O[C@H](C)C(=O)O. The quantitative estimate of drug-likeness (QED) is 0.585. The maximum absolute atomic E-state index is 11.9. The van der Waals surface area contributed by atoms with Crippen LogP contribution in [0, 0.1) is 0 Å². The number of rotatable bonds is 7. The summed E-state index contributed by atoms with van der Waals surface area (Å²) < 4.78 is 10.6. The Morgan fingerprint density at radius 2 is 2.00 bits per heavy atom. The van der Waals surface area contributed by atoms with Gasteiger partial charge < -0.3 is 14.6 Å². The molecule has 130 valence electrons. The number of aliphatic carboxylic acids is 1. The molecule has 0 bridgehead atoms. The third kappa shape index (κ3) is 4.77. The number of carboxylic acids is 1. The van der Waals surface area contributed by atoms with Gasteiger partial charge in [-0.1, -0.05) is 6.07 Å². The summed E-state index contributed by atoms with van der Waals surface area (Å²) in [5.41, 5.74) is 3.25. The summed E-state index contributed by atoms with van der Waals surface area (Å²) in [5.74, 6) is -0.929. The molecule has 8 heteroatoms. The first kappa shape index (κ1) is 17.9. The Kier molecular flexibility index (Phi) is 6.05. The number of nitrogens with one attached hydrogen (secondary N) is 1. The molecule has 0 saturated carbocycles. The summed E-state index contributed by atoms with van der Waals surface area (Å²) in [6.07, 6.45) is 3.28. The standard InChI is InChI=1S/C17H17N3O5/c1-11(17(22)23)25-15-13(4-3-5-14(15)24-2)10-19-20-16(21)12-6-8-18-9-7-12/h3-11H,1-2H3,(H,20,21)(H,22,23)/b19-10-/t11-/m1/s1. The predicted octanol–water partition coefficient (Wildman–Crippen LogP) is 1.71. The Morgan fingerprint density at radius 1 is 1.28 bits per heavy atom. The Morgan fingerprint density at radius 3 is 2.64 bits per heavy atom. The topological polar surface area (TPSA) is 110 Å². The van der Waals surface area contributed by atoms with Gasteiger partial charge in [0.25, 0.3) is 5.91 Å². The number of hydrazone groups is 1. The highest BCUT2D eigenvalue weighted by molar-refractivity contribution is 5.95. The smallest absolute Gasteiger partial charge is 0.344 e. The van der Waals surface area contributed by atoms with Crippen molar-refractivity contribution >= 4 is 18.1 Å². The molecular formula is C17H17N3O5. The number of amides is 1. The summed E-state index contributed by atoms with van der Waals surface area (Å²) >= 11 is 0. The van der Waals surface area contributed by atoms with Crippen molar-refractivity contribution in [3.63, 3.8) is 0 Å². The van der Waals surface area contributed by atoms with Gasteiger partial charge in [0.1, 0.15) is 0 Å². The van der Waals surface area contributed by atoms with Gasteiger partial charge in [0.05, 0.1) is 13.3 Å². The van der Waals surface area contributed by atoms with Crippen LogP contribution in [0.15, 0.2) is 47.8 Å². The lowest BCUT2D eigenvalue weighted by molar-refractivity contribution is -0.144. The van der Waals surface area contributed by atoms with Crippen molar-refractivity contribution in [3.05, 3.63) is 53.9 Å². The number of ether oxygens (including phenoxy) is 2. The highest BCUT2D eigenvalue weighted by Crippen LogP contribution is 2.31. The molecule has 1 aromatic heterocycles. The molecule has 0 aliphatic heterocycles. The lowest BCUT2D eigenvalue weighted by Gasteiger charge is -2.15. The van der Waals surface area contributed by atoms with Crippen LogP contribution in [-0.4, -0.2) is 41.4 Å². The number of hydrogen-bond donors (Lipinski definition) is 2. The number of benzene rings is 1. The van der Waals surface area contributed by atoms with E-state index >= 15 is 0 Å². The molecule has 0 unspecified atom stereocenters. The molecular weight excluding hydrogens is 326 g/mol. The fourth-order valence-corrected chi connectivity index (χ4v) is 1.88. The predicted molar refractivity (Wildman–Crippen MR) is 90.0 cm³/mol. The van der Waals surface area contributed by atoms with E-state index in [0.29, 0.717) is 16.9 Å². The summed E-state index contributed by atoms with van der Waals surface area (Å²) in [6, 6.07) is 8.10. The molecule has 1 heterocycles. The molecule has 1 amide bonds. The molecule has 1 atom stereocenters. The van der Waals surface area contributed by atoms with Gasteiger partial charge in [0.2, 0.25) is 0 Å². The minimum Gasteiger partial charge on any atom is -0.493 e. The molecule has 0 spiro atoms. The molecule has 0 aliphatic rings. The van der Waals surface area contributed by atoms with Crippen molar-refractivity contribution < 1.29 is 24.2 Å². The zero-order chi connectivity index (χ0) is 18.2. The Bertz CT molecular complexity index is 777. The molecule has 25 heavy (non-hydrogen) atoms. The first-order valence-electron chi connectivity index (χ1n) is 7.32. The van der Waals surface area contributed by atoms with E-state index in [2.05, 4.69) is 15.5 Å². The zero-order valence-corrected chi connectivity index (χ0v) is 13.7. The third-order valence-electron chi connectivity index (χ3n) is 3.18. The molecule has 0 saturated heterocycles. The molecule has 2 N–H and O–H groups in total. The maximum atomic E-state index is 11.9. The van der Waals surface area contributed by atoms with Gasteiger partial charge in [-0.25, -0.2) is 10.2 Å². The van der Waals surface area contributed by atoms with Crippen LogP contribution in [0.5, 0.6) is 11.5 Å². The van der Waals surface area contributed by atoms with Crippen LogP contribution in [0.1, 0.15) is 22.8 Å². The largest absolute Gasteiger partial charge is 0.493 e. The Hall–Kier alpha value is -3.42. The van der Waals surface area contributed by atoms with Crippen LogP contribution in [0.3, 0.4) is 0 Å². The second-order valence-corrected chi connectivity index (χ2v) is 4.91. The summed E-state index contributed by atoms with van der Waals surface area (Å²) in [7, 11) is 1.44. The van der Waals surface area contributed by atoms with E-state index in [1.165, 1.54) is 32.6 Å². The zero-order valence-electron chi connectivity index (χ0n) is 13.7. The molecule has 0 aliphatic carbocycles. The number of pyridine rings is 1. The van der Waals surface area contributed by atoms with E-state index in [0.717, 1.165) is 0 Å². The third-order valence-corrected chi connectivity index (χ3v) is 3.18. The van der Waals surface area contributed by atoms with E-state index < -0.39 is 18.0 Å². The van der Waals surface area contributed by atoms with Gasteiger partial charge in [0.15, 0.2) is 17.6 Å². The van der Waals surface area contributed by atoms with Crippen LogP contribution in [-0.2, 0) is 4.79 Å². The highest BCUT2D eigenvalue weighted by Gasteiger charge is 2.18. The fourth-order valence-electron chi connectivity index (χ4n) is 1.88. The van der Waals surface area contributed by atoms with Gasteiger partial charge in [0, 0.05) is 23.5 Å². The number of carboxylic acid groups (broad SMARTS) is 1. The molecule has 0 radical (unpaired) electrons. The van der Waals surface area contributed by atoms with Gasteiger partial charge >= 0.3 is 5.97 Å². The maximum Gasteiger partial charge on any atom is 0.344 e. The van der Waals surface area contributed by atoms with Crippen LogP contribution in [0.25, 0.3) is 0 Å². The molecule has 0 fully saturated rings. The lowest BCUT2D eigenvalue weighted by atomic mass is 10.2. The highest BCUT2D eigenvalue weighted by atomic mass is 16.5. The number of aromatic nitrogens is 1. The summed E-state index contributed by atoms with van der Waals surface area (Å²) in [6.45, 7) is 1.40. The van der Waals surface area contributed by atoms with Crippen LogP contribution in [0.2, 0.25) is 0 Å². The lowest BCUT2D eigenvalue weighted by Crippen LogP contribution is -2.24. The van der Waals surface area contributed by atoms with Gasteiger partial charge in [-0.15, -0.1) is 0 Å². The number of carbonyl (C=O) groups is 2. The molecule has 1 aromatic carbocycles. The Balaban J connectivity index is 2.18. The normalized spacial score (nSPS) is 11.8. The van der Waals surface area contributed by atoms with Crippen molar-refractivity contribution in [2.75, 3.05) is 7.11 Å². The van der Waals surface area contributed by atoms with Gasteiger partial charge in [-0.2, -0.15) is 5.10 Å². The number of para-hydroxylation sites is 1. The number of methoxy groups -OCH3 is 1. The van der Waals surface area contributed by atoms with E-state index in [1.54, 1.807) is 30.3 Å². The van der Waals surface area contributed by atoms with Gasteiger partial charge in [-0.3, -0.25) is 9.78 Å². The van der Waals surface area contributed by atoms with Crippen molar-refractivity contribution in [2.45, 2.75) is 13.0 Å². The second kappa shape index (κ2) is 8.44.